The van der Waals surface area contributed by atoms with E-state index in [0.717, 1.165) is 0 Å². The van der Waals surface area contributed by atoms with Gasteiger partial charge >= 0.3 is 18.0 Å². The molecule has 0 fully saturated rings. The van der Waals surface area contributed by atoms with Crippen LogP contribution in [0, 0.1) is 0 Å². The molecule has 0 unspecified atom stereocenters. The number of carboxylic acids is 1. The van der Waals surface area contributed by atoms with Crippen molar-refractivity contribution in [2.24, 2.45) is 0 Å². The summed E-state index contributed by atoms with van der Waals surface area (Å²) in [6.45, 7) is 7.70. The molecular formula is C14H26N2O5. The lowest BCUT2D eigenvalue weighted by Gasteiger charge is -2.30. The number of urea groups is 1. The SMILES string of the molecule is CCCN(CC(=O)OCC)C(=O)NC(C)(C)CCC(=O)O. The molecule has 0 heterocycles. The molecule has 0 aromatic rings. The van der Waals surface area contributed by atoms with E-state index in [1.54, 1.807) is 20.8 Å². The molecule has 0 aliphatic rings. The molecule has 0 spiro atoms. The van der Waals surface area contributed by atoms with E-state index in [1.165, 1.54) is 4.90 Å². The molecule has 122 valence electrons. The van der Waals surface area contributed by atoms with Gasteiger partial charge in [0.2, 0.25) is 0 Å². The third-order valence-corrected chi connectivity index (χ3v) is 2.82. The molecule has 7 nitrogen and oxygen atoms in total. The van der Waals surface area contributed by atoms with Crippen LogP contribution in [-0.2, 0) is 14.3 Å². The van der Waals surface area contributed by atoms with Gasteiger partial charge in [0.05, 0.1) is 6.61 Å². The van der Waals surface area contributed by atoms with Gasteiger partial charge in [-0.15, -0.1) is 0 Å². The molecule has 0 bridgehead atoms. The number of hydrogen-bond acceptors (Lipinski definition) is 4. The minimum Gasteiger partial charge on any atom is -0.481 e. The van der Waals surface area contributed by atoms with Crippen molar-refractivity contribution in [2.45, 2.75) is 52.5 Å². The fraction of sp³-hybridized carbons (Fsp3) is 0.786. The zero-order chi connectivity index (χ0) is 16.5. The summed E-state index contributed by atoms with van der Waals surface area (Å²) in [7, 11) is 0. The molecule has 0 aliphatic heterocycles. The highest BCUT2D eigenvalue weighted by molar-refractivity contribution is 5.81. The maximum absolute atomic E-state index is 12.2. The van der Waals surface area contributed by atoms with Crippen LogP contribution in [0.4, 0.5) is 4.79 Å². The first-order chi connectivity index (χ1) is 9.71. The third-order valence-electron chi connectivity index (χ3n) is 2.82. The van der Waals surface area contributed by atoms with Crippen molar-refractivity contribution in [3.63, 3.8) is 0 Å². The third kappa shape index (κ3) is 8.88. The van der Waals surface area contributed by atoms with Crippen LogP contribution in [0.15, 0.2) is 0 Å². The van der Waals surface area contributed by atoms with Gasteiger partial charge in [0.15, 0.2) is 0 Å². The molecule has 0 aliphatic carbocycles. The first-order valence-corrected chi connectivity index (χ1v) is 7.16. The summed E-state index contributed by atoms with van der Waals surface area (Å²) in [5, 5.41) is 11.5. The average molecular weight is 302 g/mol. The van der Waals surface area contributed by atoms with Crippen LogP contribution in [0.5, 0.6) is 0 Å². The van der Waals surface area contributed by atoms with Gasteiger partial charge in [-0.1, -0.05) is 6.92 Å². The van der Waals surface area contributed by atoms with E-state index in [1.807, 2.05) is 6.92 Å². The summed E-state index contributed by atoms with van der Waals surface area (Å²) in [6.07, 6.45) is 0.995. The van der Waals surface area contributed by atoms with Crippen LogP contribution in [0.1, 0.15) is 47.0 Å². The summed E-state index contributed by atoms with van der Waals surface area (Å²) in [5.74, 6) is -1.36. The van der Waals surface area contributed by atoms with Crippen molar-refractivity contribution >= 4 is 18.0 Å². The van der Waals surface area contributed by atoms with Crippen molar-refractivity contribution in [1.29, 1.82) is 0 Å². The Hall–Kier alpha value is -1.79. The fourth-order valence-electron chi connectivity index (χ4n) is 1.74. The topological polar surface area (TPSA) is 95.9 Å². The van der Waals surface area contributed by atoms with E-state index < -0.39 is 17.5 Å². The average Bonchev–Trinajstić information content (AvgIpc) is 2.36. The van der Waals surface area contributed by atoms with Crippen molar-refractivity contribution in [1.82, 2.24) is 10.2 Å². The molecule has 21 heavy (non-hydrogen) atoms. The predicted octanol–water partition coefficient (Wildman–Crippen LogP) is 1.61. The van der Waals surface area contributed by atoms with E-state index in [-0.39, 0.29) is 25.6 Å². The molecule has 0 radical (unpaired) electrons. The Morgan fingerprint density at radius 2 is 1.86 bits per heavy atom. The largest absolute Gasteiger partial charge is 0.481 e. The molecule has 2 amide bonds. The van der Waals surface area contributed by atoms with Gasteiger partial charge in [0.1, 0.15) is 6.54 Å². The monoisotopic (exact) mass is 302 g/mol. The van der Waals surface area contributed by atoms with E-state index in [2.05, 4.69) is 5.32 Å². The van der Waals surface area contributed by atoms with E-state index in [9.17, 15) is 14.4 Å². The van der Waals surface area contributed by atoms with E-state index in [0.29, 0.717) is 19.4 Å². The van der Waals surface area contributed by atoms with Crippen LogP contribution in [-0.4, -0.2) is 53.2 Å². The second-order valence-corrected chi connectivity index (χ2v) is 5.43. The van der Waals surface area contributed by atoms with Crippen molar-refractivity contribution in [3.8, 4) is 0 Å². The zero-order valence-corrected chi connectivity index (χ0v) is 13.3. The number of nitrogens with one attached hydrogen (secondary N) is 1. The minimum atomic E-state index is -0.908. The summed E-state index contributed by atoms with van der Waals surface area (Å²) in [6, 6.07) is -0.389. The van der Waals surface area contributed by atoms with E-state index >= 15 is 0 Å². The van der Waals surface area contributed by atoms with Gasteiger partial charge in [-0.25, -0.2) is 4.79 Å². The van der Waals surface area contributed by atoms with Crippen molar-refractivity contribution in [2.75, 3.05) is 19.7 Å². The number of aliphatic carboxylic acids is 1. The molecule has 0 atom stereocenters. The van der Waals surface area contributed by atoms with Gasteiger partial charge in [-0.05, 0) is 33.6 Å². The number of carbonyl (C=O) groups is 3. The zero-order valence-electron chi connectivity index (χ0n) is 13.3. The highest BCUT2D eigenvalue weighted by Crippen LogP contribution is 2.12. The molecule has 0 saturated carbocycles. The number of carboxylic acid groups (broad SMARTS) is 1. The highest BCUT2D eigenvalue weighted by Gasteiger charge is 2.25. The maximum Gasteiger partial charge on any atom is 0.325 e. The lowest BCUT2D eigenvalue weighted by molar-refractivity contribution is -0.143. The standard InChI is InChI=1S/C14H26N2O5/c1-5-9-16(10-12(19)21-6-2)13(20)15-14(3,4)8-7-11(17)18/h5-10H2,1-4H3,(H,15,20)(H,17,18). The Kier molecular flexibility index (Phi) is 8.42. The van der Waals surface area contributed by atoms with Crippen LogP contribution in [0.25, 0.3) is 0 Å². The maximum atomic E-state index is 12.2. The first-order valence-electron chi connectivity index (χ1n) is 7.16. The number of ether oxygens (including phenoxy) is 1. The van der Waals surface area contributed by atoms with Gasteiger partial charge in [0, 0.05) is 18.5 Å². The number of amides is 2. The summed E-state index contributed by atoms with van der Waals surface area (Å²) >= 11 is 0. The quantitative estimate of drug-likeness (QED) is 0.631. The first kappa shape index (κ1) is 19.2. The van der Waals surface area contributed by atoms with Crippen LogP contribution < -0.4 is 5.32 Å². The summed E-state index contributed by atoms with van der Waals surface area (Å²) < 4.78 is 4.84. The van der Waals surface area contributed by atoms with Crippen LogP contribution >= 0.6 is 0 Å². The number of rotatable bonds is 9. The lowest BCUT2D eigenvalue weighted by atomic mass is 9.99. The smallest absolute Gasteiger partial charge is 0.325 e. The number of carbonyl (C=O) groups excluding carboxylic acids is 2. The van der Waals surface area contributed by atoms with Crippen molar-refractivity contribution < 1.29 is 24.2 Å². The van der Waals surface area contributed by atoms with Gasteiger partial charge in [-0.2, -0.15) is 0 Å². The summed E-state index contributed by atoms with van der Waals surface area (Å²) in [4.78, 5) is 35.7. The number of hydrogen-bond donors (Lipinski definition) is 2. The van der Waals surface area contributed by atoms with Gasteiger partial charge in [0.25, 0.3) is 0 Å². The Morgan fingerprint density at radius 3 is 2.33 bits per heavy atom. The van der Waals surface area contributed by atoms with E-state index in [4.69, 9.17) is 9.84 Å². The number of nitrogens with zero attached hydrogens (tertiary/aromatic N) is 1. The molecule has 0 aromatic carbocycles. The van der Waals surface area contributed by atoms with Crippen LogP contribution in [0.2, 0.25) is 0 Å². The highest BCUT2D eigenvalue weighted by atomic mass is 16.5. The Bertz CT molecular complexity index is 368. The minimum absolute atomic E-state index is 0.0288. The second kappa shape index (κ2) is 9.20. The predicted molar refractivity (Wildman–Crippen MR) is 78.0 cm³/mol. The lowest BCUT2D eigenvalue weighted by Crippen LogP contribution is -2.51. The normalized spacial score (nSPS) is 10.9. The molecule has 0 saturated heterocycles. The Balaban J connectivity index is 4.58. The molecular weight excluding hydrogens is 276 g/mol. The van der Waals surface area contributed by atoms with Gasteiger partial charge < -0.3 is 20.1 Å². The van der Waals surface area contributed by atoms with Gasteiger partial charge in [-0.3, -0.25) is 9.59 Å². The van der Waals surface area contributed by atoms with Crippen molar-refractivity contribution in [3.05, 3.63) is 0 Å². The molecule has 0 aromatic heterocycles. The Morgan fingerprint density at radius 1 is 1.24 bits per heavy atom. The summed E-state index contributed by atoms with van der Waals surface area (Å²) in [5.41, 5.74) is -0.657. The molecule has 2 N–H and O–H groups in total. The second-order valence-electron chi connectivity index (χ2n) is 5.43. The number of esters is 1. The molecule has 7 heteroatoms. The fourth-order valence-corrected chi connectivity index (χ4v) is 1.74. The van der Waals surface area contributed by atoms with Crippen LogP contribution in [0.3, 0.4) is 0 Å². The molecule has 0 rings (SSSR count). The Labute approximate surface area is 125 Å².